The van der Waals surface area contributed by atoms with Gasteiger partial charge in [-0.05, 0) is 43.5 Å². The van der Waals surface area contributed by atoms with Crippen LogP contribution < -0.4 is 10.2 Å². The molecule has 1 aliphatic heterocycles. The van der Waals surface area contributed by atoms with E-state index >= 15 is 0 Å². The van der Waals surface area contributed by atoms with Gasteiger partial charge in [-0.3, -0.25) is 0 Å². The van der Waals surface area contributed by atoms with Gasteiger partial charge < -0.3 is 10.2 Å². The van der Waals surface area contributed by atoms with E-state index in [4.69, 9.17) is 0 Å². The summed E-state index contributed by atoms with van der Waals surface area (Å²) in [6.07, 6.45) is -0.938. The maximum Gasteiger partial charge on any atom is 0.416 e. The van der Waals surface area contributed by atoms with Crippen molar-refractivity contribution in [2.45, 2.75) is 38.9 Å². The van der Waals surface area contributed by atoms with Crippen molar-refractivity contribution >= 4 is 5.69 Å². The van der Waals surface area contributed by atoms with Gasteiger partial charge in [0.25, 0.3) is 0 Å². The van der Waals surface area contributed by atoms with Crippen molar-refractivity contribution in [2.75, 3.05) is 25.0 Å². The van der Waals surface area contributed by atoms with E-state index in [0.29, 0.717) is 17.2 Å². The highest BCUT2D eigenvalue weighted by atomic mass is 19.4. The Labute approximate surface area is 124 Å². The van der Waals surface area contributed by atoms with Crippen molar-refractivity contribution in [3.8, 4) is 0 Å². The predicted octanol–water partition coefficient (Wildman–Crippen LogP) is 4.05. The Kier molecular flexibility index (Phi) is 5.14. The summed E-state index contributed by atoms with van der Waals surface area (Å²) in [5, 5.41) is 2.80. The lowest BCUT2D eigenvalue weighted by Crippen LogP contribution is -2.21. The lowest BCUT2D eigenvalue weighted by molar-refractivity contribution is -0.138. The third kappa shape index (κ3) is 3.90. The molecule has 1 saturated heterocycles. The highest BCUT2D eigenvalue weighted by molar-refractivity contribution is 5.52. The quantitative estimate of drug-likeness (QED) is 0.882. The Balaban J connectivity index is 2.22. The lowest BCUT2D eigenvalue weighted by Gasteiger charge is -2.22. The first kappa shape index (κ1) is 16.1. The topological polar surface area (TPSA) is 15.3 Å². The average Bonchev–Trinajstić information content (AvgIpc) is 2.87. The first-order chi connectivity index (χ1) is 9.95. The van der Waals surface area contributed by atoms with Crippen LogP contribution in [-0.2, 0) is 12.7 Å². The van der Waals surface area contributed by atoms with Crippen molar-refractivity contribution < 1.29 is 13.2 Å². The molecule has 1 fully saturated rings. The number of benzene rings is 1. The highest BCUT2D eigenvalue weighted by Gasteiger charge is 2.34. The molecule has 1 heterocycles. The maximum absolute atomic E-state index is 13.2. The molecule has 1 unspecified atom stereocenters. The zero-order valence-corrected chi connectivity index (χ0v) is 12.6. The number of nitrogens with one attached hydrogen (secondary N) is 1. The van der Waals surface area contributed by atoms with Gasteiger partial charge in [0.1, 0.15) is 0 Å². The number of halogens is 3. The lowest BCUT2D eigenvalue weighted by atomic mass is 10.0. The van der Waals surface area contributed by atoms with Crippen LogP contribution in [0.1, 0.15) is 37.3 Å². The minimum absolute atomic E-state index is 0.230. The van der Waals surface area contributed by atoms with E-state index < -0.39 is 11.7 Å². The number of nitrogens with zero attached hydrogens (tertiary/aromatic N) is 1. The fraction of sp³-hybridized carbons (Fsp3) is 0.625. The predicted molar refractivity (Wildman–Crippen MR) is 79.4 cm³/mol. The molecule has 2 nitrogen and oxygen atoms in total. The Morgan fingerprint density at radius 2 is 2.10 bits per heavy atom. The molecule has 1 atom stereocenters. The molecule has 0 radical (unpaired) electrons. The van der Waals surface area contributed by atoms with E-state index in [1.54, 1.807) is 13.1 Å². The Morgan fingerprint density at radius 3 is 2.71 bits per heavy atom. The molecule has 0 aliphatic carbocycles. The molecule has 0 saturated carbocycles. The van der Waals surface area contributed by atoms with E-state index in [9.17, 15) is 13.2 Å². The second-order valence-corrected chi connectivity index (χ2v) is 5.76. The van der Waals surface area contributed by atoms with E-state index in [2.05, 4.69) is 17.1 Å². The molecule has 0 aromatic heterocycles. The first-order valence-electron chi connectivity index (χ1n) is 7.55. The molecule has 118 valence electrons. The van der Waals surface area contributed by atoms with Gasteiger partial charge in [0, 0.05) is 25.3 Å². The number of anilines is 1. The summed E-state index contributed by atoms with van der Waals surface area (Å²) in [5.74, 6) is 0.612. The molecular formula is C16H23F3N2. The fourth-order valence-corrected chi connectivity index (χ4v) is 3.08. The van der Waals surface area contributed by atoms with Gasteiger partial charge in [-0.25, -0.2) is 0 Å². The monoisotopic (exact) mass is 300 g/mol. The zero-order chi connectivity index (χ0) is 15.5. The molecule has 5 heteroatoms. The fourth-order valence-electron chi connectivity index (χ4n) is 3.08. The van der Waals surface area contributed by atoms with Crippen LogP contribution in [0.25, 0.3) is 0 Å². The molecule has 1 aromatic rings. The third-order valence-electron chi connectivity index (χ3n) is 4.11. The molecule has 1 aliphatic rings. The van der Waals surface area contributed by atoms with Crippen molar-refractivity contribution in [1.82, 2.24) is 5.32 Å². The zero-order valence-electron chi connectivity index (χ0n) is 12.6. The molecule has 0 spiro atoms. The Morgan fingerprint density at radius 1 is 1.33 bits per heavy atom. The standard InChI is InChI=1S/C16H23F3N2/c1-3-4-12-7-8-21(11-12)14-6-5-13(10-20-2)15(9-14)16(17,18)19/h5-6,9,12,20H,3-4,7-8,10-11H2,1-2H3. The molecule has 2 rings (SSSR count). The smallest absolute Gasteiger partial charge is 0.371 e. The summed E-state index contributed by atoms with van der Waals surface area (Å²) < 4.78 is 39.6. The van der Waals surface area contributed by atoms with Crippen molar-refractivity contribution in [3.05, 3.63) is 29.3 Å². The van der Waals surface area contributed by atoms with Crippen LogP contribution in [0.15, 0.2) is 18.2 Å². The average molecular weight is 300 g/mol. The number of hydrogen-bond acceptors (Lipinski definition) is 2. The molecule has 1 N–H and O–H groups in total. The number of rotatable bonds is 5. The summed E-state index contributed by atoms with van der Waals surface area (Å²) in [7, 11) is 1.66. The summed E-state index contributed by atoms with van der Waals surface area (Å²) in [5.41, 5.74) is 0.479. The minimum Gasteiger partial charge on any atom is -0.371 e. The first-order valence-corrected chi connectivity index (χ1v) is 7.55. The Bertz CT molecular complexity index is 471. The summed E-state index contributed by atoms with van der Waals surface area (Å²) >= 11 is 0. The van der Waals surface area contributed by atoms with Crippen LogP contribution in [0.5, 0.6) is 0 Å². The van der Waals surface area contributed by atoms with Crippen LogP contribution in [0, 0.1) is 5.92 Å². The minimum atomic E-state index is -4.30. The second kappa shape index (κ2) is 6.69. The molecular weight excluding hydrogens is 277 g/mol. The van der Waals surface area contributed by atoms with Crippen molar-refractivity contribution in [1.29, 1.82) is 0 Å². The Hall–Kier alpha value is -1.23. The van der Waals surface area contributed by atoms with Crippen molar-refractivity contribution in [2.24, 2.45) is 5.92 Å². The molecule has 1 aromatic carbocycles. The van der Waals surface area contributed by atoms with Gasteiger partial charge >= 0.3 is 6.18 Å². The van der Waals surface area contributed by atoms with Gasteiger partial charge in [0.15, 0.2) is 0 Å². The molecule has 21 heavy (non-hydrogen) atoms. The summed E-state index contributed by atoms with van der Waals surface area (Å²) in [6.45, 7) is 4.11. The largest absolute Gasteiger partial charge is 0.416 e. The van der Waals surface area contributed by atoms with E-state index in [-0.39, 0.29) is 6.54 Å². The van der Waals surface area contributed by atoms with E-state index in [0.717, 1.165) is 32.4 Å². The van der Waals surface area contributed by atoms with Crippen LogP contribution in [0.4, 0.5) is 18.9 Å². The number of alkyl halides is 3. The number of hydrogen-bond donors (Lipinski definition) is 1. The molecule has 0 bridgehead atoms. The highest BCUT2D eigenvalue weighted by Crippen LogP contribution is 2.36. The van der Waals surface area contributed by atoms with Crippen LogP contribution >= 0.6 is 0 Å². The van der Waals surface area contributed by atoms with Crippen LogP contribution in [-0.4, -0.2) is 20.1 Å². The van der Waals surface area contributed by atoms with E-state index in [1.165, 1.54) is 6.07 Å². The maximum atomic E-state index is 13.2. The summed E-state index contributed by atoms with van der Waals surface area (Å²) in [4.78, 5) is 2.08. The third-order valence-corrected chi connectivity index (χ3v) is 4.11. The van der Waals surface area contributed by atoms with Crippen LogP contribution in [0.3, 0.4) is 0 Å². The van der Waals surface area contributed by atoms with Gasteiger partial charge in [-0.15, -0.1) is 0 Å². The molecule has 0 amide bonds. The van der Waals surface area contributed by atoms with Gasteiger partial charge in [0.05, 0.1) is 5.56 Å². The summed E-state index contributed by atoms with van der Waals surface area (Å²) in [6, 6.07) is 4.72. The van der Waals surface area contributed by atoms with Gasteiger partial charge in [-0.1, -0.05) is 19.4 Å². The van der Waals surface area contributed by atoms with Crippen LogP contribution in [0.2, 0.25) is 0 Å². The van der Waals surface area contributed by atoms with E-state index in [1.807, 2.05) is 6.07 Å². The second-order valence-electron chi connectivity index (χ2n) is 5.76. The van der Waals surface area contributed by atoms with Gasteiger partial charge in [0.2, 0.25) is 0 Å². The van der Waals surface area contributed by atoms with Gasteiger partial charge in [-0.2, -0.15) is 13.2 Å². The van der Waals surface area contributed by atoms with Crippen molar-refractivity contribution in [3.63, 3.8) is 0 Å². The SMILES string of the molecule is CCCC1CCN(c2ccc(CNC)c(C(F)(F)F)c2)C1. The normalized spacial score (nSPS) is 19.3.